The quantitative estimate of drug-likeness (QED) is 0.707. The molecule has 0 fully saturated rings. The zero-order valence-electron chi connectivity index (χ0n) is 9.34. The lowest BCUT2D eigenvalue weighted by Gasteiger charge is -2.22. The van der Waals surface area contributed by atoms with Gasteiger partial charge in [0.05, 0.1) is 19.7 Å². The van der Waals surface area contributed by atoms with Gasteiger partial charge in [-0.2, -0.15) is 13.2 Å². The Labute approximate surface area is 92.4 Å². The molecule has 0 aromatic heterocycles. The number of aliphatic hydroxyl groups excluding tert-OH is 1. The van der Waals surface area contributed by atoms with Gasteiger partial charge in [-0.05, 0) is 13.8 Å². The number of carbonyl (C=O) groups is 1. The molecule has 16 heavy (non-hydrogen) atoms. The lowest BCUT2D eigenvalue weighted by atomic mass is 10.3. The van der Waals surface area contributed by atoms with Crippen molar-refractivity contribution in [3.05, 3.63) is 0 Å². The molecule has 0 aliphatic heterocycles. The Morgan fingerprint density at radius 2 is 2.00 bits per heavy atom. The van der Waals surface area contributed by atoms with Crippen LogP contribution in [-0.2, 0) is 4.79 Å². The summed E-state index contributed by atoms with van der Waals surface area (Å²) in [6.45, 7) is 1.30. The number of alkyl halides is 3. The fourth-order valence-corrected chi connectivity index (χ4v) is 1.18. The monoisotopic (exact) mass is 242 g/mol. The second-order valence-corrected chi connectivity index (χ2v) is 3.77. The predicted molar refractivity (Wildman–Crippen MR) is 52.9 cm³/mol. The van der Waals surface area contributed by atoms with E-state index in [0.717, 1.165) is 4.90 Å². The molecule has 0 radical (unpaired) electrons. The number of nitrogens with zero attached hydrogens (tertiary/aromatic N) is 1. The lowest BCUT2D eigenvalue weighted by Crippen LogP contribution is -2.44. The van der Waals surface area contributed by atoms with Gasteiger partial charge in [-0.3, -0.25) is 9.69 Å². The molecule has 4 nitrogen and oxygen atoms in total. The Balaban J connectivity index is 4.17. The van der Waals surface area contributed by atoms with Crippen LogP contribution in [0.5, 0.6) is 0 Å². The third-order valence-corrected chi connectivity index (χ3v) is 1.64. The van der Waals surface area contributed by atoms with E-state index in [0.29, 0.717) is 0 Å². The molecule has 0 atom stereocenters. The highest BCUT2D eigenvalue weighted by molar-refractivity contribution is 5.78. The van der Waals surface area contributed by atoms with Crippen molar-refractivity contribution in [1.29, 1.82) is 0 Å². The molecule has 0 aliphatic carbocycles. The van der Waals surface area contributed by atoms with Gasteiger partial charge in [0.15, 0.2) is 0 Å². The highest BCUT2D eigenvalue weighted by Gasteiger charge is 2.31. The van der Waals surface area contributed by atoms with Crippen LogP contribution in [-0.4, -0.2) is 54.4 Å². The molecule has 1 amide bonds. The van der Waals surface area contributed by atoms with Crippen molar-refractivity contribution in [3.63, 3.8) is 0 Å². The summed E-state index contributed by atoms with van der Waals surface area (Å²) < 4.78 is 36.3. The number of halogens is 3. The first-order valence-corrected chi connectivity index (χ1v) is 4.94. The first kappa shape index (κ1) is 15.2. The van der Waals surface area contributed by atoms with Crippen LogP contribution < -0.4 is 5.32 Å². The minimum Gasteiger partial charge on any atom is -0.395 e. The molecule has 7 heteroatoms. The average Bonchev–Trinajstić information content (AvgIpc) is 1.98. The summed E-state index contributed by atoms with van der Waals surface area (Å²) in [4.78, 5) is 12.1. The second kappa shape index (κ2) is 6.70. The van der Waals surface area contributed by atoms with Crippen LogP contribution in [0.15, 0.2) is 0 Å². The zero-order chi connectivity index (χ0) is 12.8. The number of amides is 1. The van der Waals surface area contributed by atoms with Crippen molar-refractivity contribution in [2.24, 2.45) is 0 Å². The number of hydrogen-bond donors (Lipinski definition) is 2. The summed E-state index contributed by atoms with van der Waals surface area (Å²) in [6.07, 6.45) is -4.37. The molecule has 0 rings (SSSR count). The molecule has 0 unspecified atom stereocenters. The molecule has 96 valence electrons. The van der Waals surface area contributed by atoms with Crippen LogP contribution in [0, 0.1) is 0 Å². The van der Waals surface area contributed by atoms with Gasteiger partial charge in [0.25, 0.3) is 0 Å². The molecule has 0 spiro atoms. The molecule has 0 bridgehead atoms. The topological polar surface area (TPSA) is 52.6 Å². The van der Waals surface area contributed by atoms with Crippen LogP contribution in [0.3, 0.4) is 0 Å². The highest BCUT2D eigenvalue weighted by atomic mass is 19.4. The Morgan fingerprint density at radius 3 is 2.38 bits per heavy atom. The van der Waals surface area contributed by atoms with Crippen molar-refractivity contribution in [2.45, 2.75) is 26.1 Å². The van der Waals surface area contributed by atoms with E-state index in [-0.39, 0.29) is 19.1 Å². The first-order chi connectivity index (χ1) is 7.24. The van der Waals surface area contributed by atoms with Gasteiger partial charge >= 0.3 is 6.18 Å². The van der Waals surface area contributed by atoms with E-state index in [1.807, 2.05) is 0 Å². The van der Waals surface area contributed by atoms with E-state index in [4.69, 9.17) is 5.11 Å². The van der Waals surface area contributed by atoms with E-state index in [1.54, 1.807) is 13.8 Å². The maximum absolute atomic E-state index is 12.1. The third kappa shape index (κ3) is 8.49. The molecule has 0 aromatic rings. The van der Waals surface area contributed by atoms with Crippen molar-refractivity contribution >= 4 is 5.91 Å². The largest absolute Gasteiger partial charge is 0.401 e. The van der Waals surface area contributed by atoms with Gasteiger partial charge in [-0.25, -0.2) is 0 Å². The van der Waals surface area contributed by atoms with Gasteiger partial charge in [-0.1, -0.05) is 0 Å². The van der Waals surface area contributed by atoms with Gasteiger partial charge in [0.1, 0.15) is 0 Å². The summed E-state index contributed by atoms with van der Waals surface area (Å²) in [5, 5.41) is 11.1. The number of carbonyl (C=O) groups excluding carboxylic acids is 1. The standard InChI is InChI=1S/C9H17F3N2O2/c1-7(2)13-8(16)5-14(3-4-15)6-9(10,11)12/h7,15H,3-6H2,1-2H3,(H,13,16). The minimum atomic E-state index is -4.37. The van der Waals surface area contributed by atoms with Gasteiger partial charge in [-0.15, -0.1) is 0 Å². The van der Waals surface area contributed by atoms with E-state index in [9.17, 15) is 18.0 Å². The zero-order valence-corrected chi connectivity index (χ0v) is 9.34. The van der Waals surface area contributed by atoms with Crippen molar-refractivity contribution < 1.29 is 23.1 Å². The third-order valence-electron chi connectivity index (χ3n) is 1.64. The Bertz CT molecular complexity index is 219. The minimum absolute atomic E-state index is 0.116. The van der Waals surface area contributed by atoms with E-state index >= 15 is 0 Å². The van der Waals surface area contributed by atoms with E-state index < -0.39 is 25.2 Å². The average molecular weight is 242 g/mol. The molecular weight excluding hydrogens is 225 g/mol. The fraction of sp³-hybridized carbons (Fsp3) is 0.889. The SMILES string of the molecule is CC(C)NC(=O)CN(CCO)CC(F)(F)F. The molecule has 0 saturated carbocycles. The van der Waals surface area contributed by atoms with Gasteiger partial charge in [0, 0.05) is 12.6 Å². The Morgan fingerprint density at radius 1 is 1.44 bits per heavy atom. The molecule has 0 aromatic carbocycles. The summed E-state index contributed by atoms with van der Waals surface area (Å²) in [7, 11) is 0. The normalized spacial score (nSPS) is 12.2. The first-order valence-electron chi connectivity index (χ1n) is 4.94. The maximum Gasteiger partial charge on any atom is 0.401 e. The van der Waals surface area contributed by atoms with Crippen molar-refractivity contribution in [1.82, 2.24) is 10.2 Å². The number of hydrogen-bond acceptors (Lipinski definition) is 3. The van der Waals surface area contributed by atoms with Crippen molar-refractivity contribution in [3.8, 4) is 0 Å². The lowest BCUT2D eigenvalue weighted by molar-refractivity contribution is -0.149. The highest BCUT2D eigenvalue weighted by Crippen LogP contribution is 2.15. The van der Waals surface area contributed by atoms with Crippen molar-refractivity contribution in [2.75, 3.05) is 26.2 Å². The van der Waals surface area contributed by atoms with Crippen LogP contribution >= 0.6 is 0 Å². The Kier molecular flexibility index (Phi) is 6.35. The van der Waals surface area contributed by atoms with Crippen LogP contribution in [0.2, 0.25) is 0 Å². The predicted octanol–water partition coefficient (Wildman–Crippen LogP) is 0.368. The molecule has 2 N–H and O–H groups in total. The summed E-state index contributed by atoms with van der Waals surface area (Å²) >= 11 is 0. The number of rotatable bonds is 6. The summed E-state index contributed by atoms with van der Waals surface area (Å²) in [6, 6.07) is -0.116. The Hall–Kier alpha value is -0.820. The second-order valence-electron chi connectivity index (χ2n) is 3.77. The molecule has 0 saturated heterocycles. The van der Waals surface area contributed by atoms with Crippen LogP contribution in [0.1, 0.15) is 13.8 Å². The molecule has 0 aliphatic rings. The maximum atomic E-state index is 12.1. The van der Waals surface area contributed by atoms with Gasteiger partial charge < -0.3 is 10.4 Å². The molecular formula is C9H17F3N2O2. The van der Waals surface area contributed by atoms with E-state index in [2.05, 4.69) is 5.32 Å². The van der Waals surface area contributed by atoms with Gasteiger partial charge in [0.2, 0.25) is 5.91 Å². The van der Waals surface area contributed by atoms with Crippen LogP contribution in [0.4, 0.5) is 13.2 Å². The fourth-order valence-electron chi connectivity index (χ4n) is 1.18. The number of aliphatic hydroxyl groups is 1. The number of nitrogens with one attached hydrogen (secondary N) is 1. The molecule has 0 heterocycles. The van der Waals surface area contributed by atoms with E-state index in [1.165, 1.54) is 0 Å². The smallest absolute Gasteiger partial charge is 0.395 e. The summed E-state index contributed by atoms with van der Waals surface area (Å²) in [5.41, 5.74) is 0. The summed E-state index contributed by atoms with van der Waals surface area (Å²) in [5.74, 6) is -0.479. The van der Waals surface area contributed by atoms with Crippen LogP contribution in [0.25, 0.3) is 0 Å².